The van der Waals surface area contributed by atoms with Gasteiger partial charge in [0.2, 0.25) is 0 Å². The minimum Gasteiger partial charge on any atom is -0.376 e. The second-order valence-corrected chi connectivity index (χ2v) is 7.27. The minimum atomic E-state index is -0.236. The average Bonchev–Trinajstić information content (AvgIpc) is 3.15. The number of thiocarbonyl (C=S) groups is 1. The summed E-state index contributed by atoms with van der Waals surface area (Å²) in [4.78, 5) is 4.10. The molecule has 1 aromatic carbocycles. The van der Waals surface area contributed by atoms with E-state index in [0.29, 0.717) is 5.11 Å². The number of nitrogens with one attached hydrogen (secondary N) is 1. The Bertz CT molecular complexity index is 790. The topological polar surface area (TPSA) is 55.9 Å². The number of nitrogens with two attached hydrogens (primary N) is 1. The van der Waals surface area contributed by atoms with Crippen molar-refractivity contribution in [3.05, 3.63) is 72.3 Å². The molecular weight excluding hydrogens is 340 g/mol. The van der Waals surface area contributed by atoms with Gasteiger partial charge in [-0.1, -0.05) is 49.4 Å². The van der Waals surface area contributed by atoms with Crippen molar-refractivity contribution in [1.82, 2.24) is 14.9 Å². The molecule has 3 N–H and O–H groups in total. The molecule has 1 unspecified atom stereocenters. The molecule has 5 heteroatoms. The predicted octanol–water partition coefficient (Wildman–Crippen LogP) is 3.84. The molecule has 2 aromatic rings. The normalized spacial score (nSPS) is 19.2. The maximum atomic E-state index is 5.85. The van der Waals surface area contributed by atoms with Crippen LogP contribution in [-0.4, -0.2) is 20.2 Å². The van der Waals surface area contributed by atoms with Gasteiger partial charge in [-0.15, -0.1) is 0 Å². The van der Waals surface area contributed by atoms with E-state index in [2.05, 4.69) is 64.3 Å². The Kier molecular flexibility index (Phi) is 5.89. The summed E-state index contributed by atoms with van der Waals surface area (Å²) in [6.07, 6.45) is 16.0. The number of aromatic nitrogens is 2. The summed E-state index contributed by atoms with van der Waals surface area (Å²) < 4.78 is 2.10. The van der Waals surface area contributed by atoms with Crippen molar-refractivity contribution in [2.75, 3.05) is 0 Å². The molecule has 4 nitrogen and oxygen atoms in total. The highest BCUT2D eigenvalue weighted by Gasteiger charge is 2.30. The molecule has 0 saturated carbocycles. The van der Waals surface area contributed by atoms with Gasteiger partial charge in [-0.3, -0.25) is 0 Å². The lowest BCUT2D eigenvalue weighted by atomic mass is 9.80. The highest BCUT2D eigenvalue weighted by atomic mass is 32.1. The second-order valence-electron chi connectivity index (χ2n) is 6.83. The van der Waals surface area contributed by atoms with Crippen LogP contribution in [0, 0.1) is 0 Å². The number of hydrogen-bond donors (Lipinski definition) is 2. The van der Waals surface area contributed by atoms with Crippen LogP contribution in [0.15, 0.2) is 61.2 Å². The van der Waals surface area contributed by atoms with Crippen LogP contribution in [0.4, 0.5) is 0 Å². The molecule has 3 rings (SSSR count). The number of hydrogen-bond acceptors (Lipinski definition) is 2. The van der Waals surface area contributed by atoms with Gasteiger partial charge in [0.1, 0.15) is 0 Å². The zero-order valence-electron chi connectivity index (χ0n) is 15.2. The molecular formula is C21H26N4S. The van der Waals surface area contributed by atoms with E-state index >= 15 is 0 Å². The summed E-state index contributed by atoms with van der Waals surface area (Å²) >= 11 is 5.16. The Hall–Kier alpha value is -2.40. The van der Waals surface area contributed by atoms with Crippen LogP contribution in [0.5, 0.6) is 0 Å². The molecule has 0 fully saturated rings. The molecule has 0 radical (unpaired) electrons. The van der Waals surface area contributed by atoms with E-state index < -0.39 is 0 Å². The number of allylic oxidation sites excluding steroid dienone is 2. The van der Waals surface area contributed by atoms with E-state index in [1.807, 2.05) is 18.7 Å². The van der Waals surface area contributed by atoms with E-state index in [0.717, 1.165) is 32.2 Å². The van der Waals surface area contributed by atoms with Gasteiger partial charge in [-0.25, -0.2) is 4.98 Å². The van der Waals surface area contributed by atoms with Crippen molar-refractivity contribution in [1.29, 1.82) is 0 Å². The SMILES string of the molecule is CCc1ccc(C2=CC=CC(CCCn3ccnc3)(NC(N)=S)C2)cc1. The number of benzene rings is 1. The first-order valence-corrected chi connectivity index (χ1v) is 9.52. The van der Waals surface area contributed by atoms with E-state index in [-0.39, 0.29) is 5.54 Å². The van der Waals surface area contributed by atoms with E-state index in [1.165, 1.54) is 16.7 Å². The van der Waals surface area contributed by atoms with Crippen molar-refractivity contribution in [3.63, 3.8) is 0 Å². The Labute approximate surface area is 160 Å². The summed E-state index contributed by atoms with van der Waals surface area (Å²) in [6, 6.07) is 8.83. The molecule has 0 amide bonds. The van der Waals surface area contributed by atoms with Crippen molar-refractivity contribution < 1.29 is 0 Å². The first-order valence-electron chi connectivity index (χ1n) is 9.11. The molecule has 0 aliphatic heterocycles. The summed E-state index contributed by atoms with van der Waals surface area (Å²) in [5.74, 6) is 0. The second kappa shape index (κ2) is 8.32. The lowest BCUT2D eigenvalue weighted by Crippen LogP contribution is -2.50. The monoisotopic (exact) mass is 366 g/mol. The van der Waals surface area contributed by atoms with Gasteiger partial charge >= 0.3 is 0 Å². The smallest absolute Gasteiger partial charge is 0.164 e. The van der Waals surface area contributed by atoms with Gasteiger partial charge < -0.3 is 15.6 Å². The minimum absolute atomic E-state index is 0.236. The van der Waals surface area contributed by atoms with Crippen molar-refractivity contribution in [2.45, 2.75) is 44.7 Å². The van der Waals surface area contributed by atoms with Gasteiger partial charge in [0.05, 0.1) is 11.9 Å². The third-order valence-corrected chi connectivity index (χ3v) is 5.02. The van der Waals surface area contributed by atoms with Gasteiger partial charge in [-0.2, -0.15) is 0 Å². The third-order valence-electron chi connectivity index (χ3n) is 4.92. The third kappa shape index (κ3) is 4.61. The van der Waals surface area contributed by atoms with E-state index in [4.69, 9.17) is 18.0 Å². The number of imidazole rings is 1. The Balaban J connectivity index is 1.73. The maximum absolute atomic E-state index is 5.85. The molecule has 0 spiro atoms. The predicted molar refractivity (Wildman–Crippen MR) is 112 cm³/mol. The highest BCUT2D eigenvalue weighted by molar-refractivity contribution is 7.80. The zero-order valence-corrected chi connectivity index (χ0v) is 16.0. The number of aryl methyl sites for hydroxylation is 2. The van der Waals surface area contributed by atoms with Gasteiger partial charge in [0.15, 0.2) is 5.11 Å². The molecule has 1 aromatic heterocycles. The van der Waals surface area contributed by atoms with Crippen LogP contribution in [-0.2, 0) is 13.0 Å². The summed E-state index contributed by atoms with van der Waals surface area (Å²) in [7, 11) is 0. The number of rotatable bonds is 7. The van der Waals surface area contributed by atoms with Crippen LogP contribution < -0.4 is 11.1 Å². The molecule has 1 aliphatic carbocycles. The molecule has 1 atom stereocenters. The summed E-state index contributed by atoms with van der Waals surface area (Å²) in [6.45, 7) is 3.11. The molecule has 26 heavy (non-hydrogen) atoms. The van der Waals surface area contributed by atoms with Crippen LogP contribution in [0.25, 0.3) is 5.57 Å². The molecule has 0 saturated heterocycles. The van der Waals surface area contributed by atoms with Crippen molar-refractivity contribution in [3.8, 4) is 0 Å². The quantitative estimate of drug-likeness (QED) is 0.731. The Morgan fingerprint density at radius 1 is 1.35 bits per heavy atom. The zero-order chi connectivity index (χ0) is 18.4. The fraction of sp³-hybridized carbons (Fsp3) is 0.333. The first-order chi connectivity index (χ1) is 12.6. The standard InChI is InChI=1S/C21H26N4S/c1-2-17-6-8-18(9-7-17)19-5-3-10-21(15-19,24-20(22)26)11-4-13-25-14-12-23-16-25/h3,5-10,12,14,16H,2,4,11,13,15H2,1H3,(H3,22,24,26). The van der Waals surface area contributed by atoms with Gasteiger partial charge in [0.25, 0.3) is 0 Å². The highest BCUT2D eigenvalue weighted by Crippen LogP contribution is 2.33. The summed E-state index contributed by atoms with van der Waals surface area (Å²) in [5, 5.41) is 3.70. The lowest BCUT2D eigenvalue weighted by Gasteiger charge is -2.35. The fourth-order valence-corrected chi connectivity index (χ4v) is 3.72. The Morgan fingerprint density at radius 2 is 2.15 bits per heavy atom. The fourth-order valence-electron chi connectivity index (χ4n) is 3.52. The van der Waals surface area contributed by atoms with Crippen LogP contribution in [0.1, 0.15) is 37.3 Å². The largest absolute Gasteiger partial charge is 0.376 e. The first kappa shape index (κ1) is 18.4. The van der Waals surface area contributed by atoms with Crippen molar-refractivity contribution >= 4 is 22.9 Å². The maximum Gasteiger partial charge on any atom is 0.164 e. The van der Waals surface area contributed by atoms with Crippen molar-refractivity contribution in [2.24, 2.45) is 5.73 Å². The van der Waals surface area contributed by atoms with Crippen LogP contribution >= 0.6 is 12.2 Å². The van der Waals surface area contributed by atoms with Gasteiger partial charge in [0, 0.05) is 18.9 Å². The Morgan fingerprint density at radius 3 is 2.81 bits per heavy atom. The van der Waals surface area contributed by atoms with Gasteiger partial charge in [-0.05, 0) is 54.6 Å². The number of nitrogens with zero attached hydrogens (tertiary/aromatic N) is 2. The average molecular weight is 367 g/mol. The van der Waals surface area contributed by atoms with Crippen LogP contribution in [0.2, 0.25) is 0 Å². The lowest BCUT2D eigenvalue weighted by molar-refractivity contribution is 0.414. The molecule has 0 bridgehead atoms. The van der Waals surface area contributed by atoms with E-state index in [1.54, 1.807) is 0 Å². The molecule has 136 valence electrons. The summed E-state index contributed by atoms with van der Waals surface area (Å²) in [5.41, 5.74) is 9.53. The molecule has 1 aliphatic rings. The molecule has 1 heterocycles. The van der Waals surface area contributed by atoms with E-state index in [9.17, 15) is 0 Å². The van der Waals surface area contributed by atoms with Crippen LogP contribution in [0.3, 0.4) is 0 Å².